The Morgan fingerprint density at radius 2 is 2.05 bits per heavy atom. The highest BCUT2D eigenvalue weighted by Crippen LogP contribution is 2.33. The van der Waals surface area contributed by atoms with Gasteiger partial charge >= 0.3 is 0 Å². The van der Waals surface area contributed by atoms with Crippen LogP contribution in [0.4, 0.5) is 10.1 Å². The summed E-state index contributed by atoms with van der Waals surface area (Å²) in [6, 6.07) is 5.54. The molecule has 0 aliphatic heterocycles. The Labute approximate surface area is 135 Å². The number of benzene rings is 1. The van der Waals surface area contributed by atoms with Gasteiger partial charge in [-0.3, -0.25) is 4.72 Å². The fourth-order valence-electron chi connectivity index (χ4n) is 1.78. The fraction of sp³-hybridized carbons (Fsp3) is 0.231. The van der Waals surface area contributed by atoms with Crippen molar-refractivity contribution in [2.75, 3.05) is 11.8 Å². The summed E-state index contributed by atoms with van der Waals surface area (Å²) >= 11 is 4.64. The van der Waals surface area contributed by atoms with Gasteiger partial charge in [-0.25, -0.2) is 12.8 Å². The van der Waals surface area contributed by atoms with E-state index in [4.69, 9.17) is 0 Å². The number of nitrogens with one attached hydrogen (secondary N) is 2. The summed E-state index contributed by atoms with van der Waals surface area (Å²) in [5, 5.41) is 2.97. The zero-order valence-electron chi connectivity index (χ0n) is 11.4. The standard InChI is InChI=1S/C13H14BrFN2O2S2/c1-8-5-9(15)3-4-11(8)17-21(18,19)12-6-10(7-16-2)20-13(12)14/h3-6,16-17H,7H2,1-2H3. The minimum absolute atomic E-state index is 0.182. The van der Waals surface area contributed by atoms with Crippen LogP contribution in [0, 0.1) is 12.7 Å². The highest BCUT2D eigenvalue weighted by atomic mass is 79.9. The molecule has 0 saturated heterocycles. The normalized spacial score (nSPS) is 11.6. The number of rotatable bonds is 5. The van der Waals surface area contributed by atoms with Crippen molar-refractivity contribution in [1.29, 1.82) is 0 Å². The molecule has 21 heavy (non-hydrogen) atoms. The SMILES string of the molecule is CNCc1cc(S(=O)(=O)Nc2ccc(F)cc2C)c(Br)s1. The molecule has 0 bridgehead atoms. The molecular formula is C13H14BrFN2O2S2. The number of hydrogen-bond acceptors (Lipinski definition) is 4. The van der Waals surface area contributed by atoms with Crippen molar-refractivity contribution in [3.05, 3.63) is 44.3 Å². The van der Waals surface area contributed by atoms with Crippen molar-refractivity contribution in [2.45, 2.75) is 18.4 Å². The molecule has 0 unspecified atom stereocenters. The van der Waals surface area contributed by atoms with Crippen LogP contribution in [0.5, 0.6) is 0 Å². The lowest BCUT2D eigenvalue weighted by atomic mass is 10.2. The molecule has 1 heterocycles. The predicted octanol–water partition coefficient (Wildman–Crippen LogP) is 3.48. The molecule has 0 radical (unpaired) electrons. The molecule has 0 spiro atoms. The van der Waals surface area contributed by atoms with Crippen LogP contribution < -0.4 is 10.0 Å². The molecule has 0 amide bonds. The number of thiophene rings is 1. The lowest BCUT2D eigenvalue weighted by Gasteiger charge is -2.09. The van der Waals surface area contributed by atoms with Gasteiger partial charge in [0, 0.05) is 11.4 Å². The van der Waals surface area contributed by atoms with Crippen LogP contribution in [-0.4, -0.2) is 15.5 Å². The number of sulfonamides is 1. The van der Waals surface area contributed by atoms with Crippen molar-refractivity contribution in [2.24, 2.45) is 0 Å². The summed E-state index contributed by atoms with van der Waals surface area (Å²) in [5.41, 5.74) is 0.894. The molecule has 0 fully saturated rings. The average molecular weight is 393 g/mol. The molecule has 0 saturated carbocycles. The van der Waals surface area contributed by atoms with Gasteiger partial charge in [0.1, 0.15) is 10.7 Å². The quantitative estimate of drug-likeness (QED) is 0.818. The first-order chi connectivity index (χ1) is 9.83. The van der Waals surface area contributed by atoms with Crippen LogP contribution in [0.2, 0.25) is 0 Å². The van der Waals surface area contributed by atoms with Gasteiger partial charge in [-0.2, -0.15) is 0 Å². The highest BCUT2D eigenvalue weighted by molar-refractivity contribution is 9.11. The van der Waals surface area contributed by atoms with Gasteiger partial charge in [0.15, 0.2) is 0 Å². The summed E-state index contributed by atoms with van der Waals surface area (Å²) in [7, 11) is -1.92. The van der Waals surface area contributed by atoms with E-state index in [0.717, 1.165) is 4.88 Å². The van der Waals surface area contributed by atoms with Crippen molar-refractivity contribution in [3.63, 3.8) is 0 Å². The van der Waals surface area contributed by atoms with Crippen LogP contribution in [-0.2, 0) is 16.6 Å². The molecule has 0 atom stereocenters. The average Bonchev–Trinajstić information content (AvgIpc) is 2.75. The van der Waals surface area contributed by atoms with Crippen LogP contribution >= 0.6 is 27.3 Å². The van der Waals surface area contributed by atoms with Gasteiger partial charge in [0.2, 0.25) is 0 Å². The molecule has 1 aromatic heterocycles. The molecule has 1 aromatic carbocycles. The Hall–Kier alpha value is -0.960. The van der Waals surface area contributed by atoms with E-state index in [-0.39, 0.29) is 4.90 Å². The molecule has 2 N–H and O–H groups in total. The van der Waals surface area contributed by atoms with Crippen LogP contribution in [0.25, 0.3) is 0 Å². The van der Waals surface area contributed by atoms with E-state index in [1.807, 2.05) is 0 Å². The monoisotopic (exact) mass is 392 g/mol. The number of anilines is 1. The third kappa shape index (κ3) is 3.82. The highest BCUT2D eigenvalue weighted by Gasteiger charge is 2.21. The smallest absolute Gasteiger partial charge is 0.263 e. The predicted molar refractivity (Wildman–Crippen MR) is 86.7 cm³/mol. The fourth-order valence-corrected chi connectivity index (χ4v) is 5.61. The van der Waals surface area contributed by atoms with E-state index in [1.165, 1.54) is 29.5 Å². The number of halogens is 2. The molecule has 2 aromatic rings. The van der Waals surface area contributed by atoms with Gasteiger partial charge in [0.05, 0.1) is 9.47 Å². The maximum Gasteiger partial charge on any atom is 0.263 e. The maximum atomic E-state index is 13.1. The summed E-state index contributed by atoms with van der Waals surface area (Å²) in [6.45, 7) is 2.24. The largest absolute Gasteiger partial charge is 0.315 e. The maximum absolute atomic E-state index is 13.1. The zero-order valence-corrected chi connectivity index (χ0v) is 14.6. The van der Waals surface area contributed by atoms with E-state index < -0.39 is 15.8 Å². The zero-order chi connectivity index (χ0) is 15.6. The van der Waals surface area contributed by atoms with Gasteiger partial charge in [-0.15, -0.1) is 11.3 Å². The van der Waals surface area contributed by atoms with Crippen molar-refractivity contribution >= 4 is 43.0 Å². The Bertz CT molecular complexity index is 760. The molecular weight excluding hydrogens is 379 g/mol. The van der Waals surface area contributed by atoms with Gasteiger partial charge < -0.3 is 5.32 Å². The van der Waals surface area contributed by atoms with Crippen molar-refractivity contribution in [1.82, 2.24) is 5.32 Å². The number of aryl methyl sites for hydroxylation is 1. The van der Waals surface area contributed by atoms with Crippen molar-refractivity contribution < 1.29 is 12.8 Å². The molecule has 0 aliphatic rings. The minimum Gasteiger partial charge on any atom is -0.315 e. The van der Waals surface area contributed by atoms with E-state index >= 15 is 0 Å². The minimum atomic E-state index is -3.71. The van der Waals surface area contributed by atoms with E-state index in [2.05, 4.69) is 26.0 Å². The van der Waals surface area contributed by atoms with E-state index in [9.17, 15) is 12.8 Å². The third-order valence-electron chi connectivity index (χ3n) is 2.78. The topological polar surface area (TPSA) is 58.2 Å². The Kier molecular flexibility index (Phi) is 5.03. The first-order valence-electron chi connectivity index (χ1n) is 6.05. The lowest BCUT2D eigenvalue weighted by Crippen LogP contribution is -2.13. The lowest BCUT2D eigenvalue weighted by molar-refractivity contribution is 0.600. The summed E-state index contributed by atoms with van der Waals surface area (Å²) < 4.78 is 41.0. The Morgan fingerprint density at radius 1 is 1.33 bits per heavy atom. The Morgan fingerprint density at radius 3 is 2.67 bits per heavy atom. The molecule has 8 heteroatoms. The first kappa shape index (κ1) is 16.4. The number of hydrogen-bond donors (Lipinski definition) is 2. The van der Waals surface area contributed by atoms with Gasteiger partial charge in [-0.1, -0.05) is 0 Å². The molecule has 2 rings (SSSR count). The second kappa shape index (κ2) is 6.43. The summed E-state index contributed by atoms with van der Waals surface area (Å²) in [5.74, 6) is -0.400. The van der Waals surface area contributed by atoms with Crippen molar-refractivity contribution in [3.8, 4) is 0 Å². The van der Waals surface area contributed by atoms with E-state index in [1.54, 1.807) is 20.0 Å². The van der Waals surface area contributed by atoms with Crippen LogP contribution in [0.15, 0.2) is 32.9 Å². The third-order valence-corrected chi connectivity index (χ3v) is 6.40. The Balaban J connectivity index is 2.34. The van der Waals surface area contributed by atoms with Gasteiger partial charge in [-0.05, 0) is 59.7 Å². The van der Waals surface area contributed by atoms with Crippen LogP contribution in [0.1, 0.15) is 10.4 Å². The summed E-state index contributed by atoms with van der Waals surface area (Å²) in [4.78, 5) is 1.09. The summed E-state index contributed by atoms with van der Waals surface area (Å²) in [6.07, 6.45) is 0. The first-order valence-corrected chi connectivity index (χ1v) is 9.14. The van der Waals surface area contributed by atoms with E-state index in [0.29, 0.717) is 21.6 Å². The van der Waals surface area contributed by atoms with Gasteiger partial charge in [0.25, 0.3) is 10.0 Å². The second-order valence-corrected chi connectivity index (χ2v) is 8.55. The van der Waals surface area contributed by atoms with Crippen LogP contribution in [0.3, 0.4) is 0 Å². The molecule has 4 nitrogen and oxygen atoms in total. The molecule has 0 aliphatic carbocycles. The molecule has 114 valence electrons. The second-order valence-electron chi connectivity index (χ2n) is 4.45.